The van der Waals surface area contributed by atoms with E-state index in [1.54, 1.807) is 12.3 Å². The second-order valence-corrected chi connectivity index (χ2v) is 8.43. The summed E-state index contributed by atoms with van der Waals surface area (Å²) in [4.78, 5) is 20.2. The molecule has 0 unspecified atom stereocenters. The van der Waals surface area contributed by atoms with Crippen LogP contribution in [0.5, 0.6) is 0 Å². The lowest BCUT2D eigenvalue weighted by molar-refractivity contribution is 0.312. The van der Waals surface area contributed by atoms with Crippen molar-refractivity contribution < 1.29 is 0 Å². The molecule has 1 saturated heterocycles. The number of pyridine rings is 1. The highest BCUT2D eigenvalue weighted by Crippen LogP contribution is 2.29. The molecule has 0 spiro atoms. The number of nitrogens with zero attached hydrogens (tertiary/aromatic N) is 7. The van der Waals surface area contributed by atoms with Gasteiger partial charge in [-0.1, -0.05) is 12.1 Å². The first-order valence-electron chi connectivity index (χ1n) is 10.9. The Hall–Kier alpha value is -3.70. The van der Waals surface area contributed by atoms with E-state index in [1.165, 1.54) is 11.1 Å². The summed E-state index contributed by atoms with van der Waals surface area (Å²) in [6, 6.07) is 14.4. The molecule has 0 radical (unpaired) electrons. The standard InChI is InChI=1S/C24H26N8/c1-30-8-10-31(11-9-30)22-13-23(29-24(26)28-22)32-7-6-17-2-3-18(12-20(17)16-32)19-4-5-21(14-25)27-15-19/h2-5,12-13,15H,6-11,16H2,1H3,(H2,26,28,29). The van der Waals surface area contributed by atoms with Crippen molar-refractivity contribution in [2.45, 2.75) is 13.0 Å². The molecular weight excluding hydrogens is 400 g/mol. The monoisotopic (exact) mass is 426 g/mol. The molecule has 2 aliphatic heterocycles. The maximum Gasteiger partial charge on any atom is 0.223 e. The van der Waals surface area contributed by atoms with E-state index in [0.717, 1.165) is 68.5 Å². The Bertz CT molecular complexity index is 1160. The molecule has 0 saturated carbocycles. The van der Waals surface area contributed by atoms with Crippen LogP contribution in [0, 0.1) is 11.3 Å². The van der Waals surface area contributed by atoms with Gasteiger partial charge in [0, 0.05) is 57.1 Å². The molecule has 5 rings (SSSR count). The minimum Gasteiger partial charge on any atom is -0.368 e. The van der Waals surface area contributed by atoms with Gasteiger partial charge in [0.2, 0.25) is 5.95 Å². The Morgan fingerprint density at radius 2 is 1.62 bits per heavy atom. The normalized spacial score (nSPS) is 16.5. The van der Waals surface area contributed by atoms with Crippen molar-refractivity contribution in [2.75, 3.05) is 55.3 Å². The molecule has 4 heterocycles. The molecule has 2 N–H and O–H groups in total. The highest BCUT2D eigenvalue weighted by molar-refractivity contribution is 5.65. The molecule has 1 aromatic carbocycles. The summed E-state index contributed by atoms with van der Waals surface area (Å²) in [6.45, 7) is 5.58. The van der Waals surface area contributed by atoms with Crippen LogP contribution in [0.2, 0.25) is 0 Å². The third-order valence-corrected chi connectivity index (χ3v) is 6.30. The molecule has 0 bridgehead atoms. The van der Waals surface area contributed by atoms with Crippen molar-refractivity contribution in [1.29, 1.82) is 5.26 Å². The van der Waals surface area contributed by atoms with Gasteiger partial charge in [0.1, 0.15) is 23.4 Å². The van der Waals surface area contributed by atoms with Crippen molar-refractivity contribution in [2.24, 2.45) is 0 Å². The summed E-state index contributed by atoms with van der Waals surface area (Å²) in [7, 11) is 2.14. The minimum absolute atomic E-state index is 0.319. The highest BCUT2D eigenvalue weighted by atomic mass is 15.3. The zero-order chi connectivity index (χ0) is 22.1. The van der Waals surface area contributed by atoms with Crippen LogP contribution in [0.25, 0.3) is 11.1 Å². The first-order chi connectivity index (χ1) is 15.6. The molecule has 8 nitrogen and oxygen atoms in total. The van der Waals surface area contributed by atoms with E-state index in [2.05, 4.69) is 67.0 Å². The minimum atomic E-state index is 0.319. The zero-order valence-corrected chi connectivity index (χ0v) is 18.2. The first kappa shape index (κ1) is 20.2. The molecule has 8 heteroatoms. The van der Waals surface area contributed by atoms with Gasteiger partial charge >= 0.3 is 0 Å². The van der Waals surface area contributed by atoms with Crippen LogP contribution in [0.4, 0.5) is 17.6 Å². The smallest absolute Gasteiger partial charge is 0.223 e. The third-order valence-electron chi connectivity index (χ3n) is 6.30. The van der Waals surface area contributed by atoms with Gasteiger partial charge < -0.3 is 20.4 Å². The van der Waals surface area contributed by atoms with Crippen LogP contribution in [0.3, 0.4) is 0 Å². The summed E-state index contributed by atoms with van der Waals surface area (Å²) in [6.07, 6.45) is 2.71. The summed E-state index contributed by atoms with van der Waals surface area (Å²) < 4.78 is 0. The van der Waals surface area contributed by atoms with Crippen molar-refractivity contribution >= 4 is 17.6 Å². The van der Waals surface area contributed by atoms with E-state index in [4.69, 9.17) is 11.0 Å². The van der Waals surface area contributed by atoms with Gasteiger partial charge in [0.15, 0.2) is 0 Å². The molecule has 1 fully saturated rings. The third kappa shape index (κ3) is 4.07. The van der Waals surface area contributed by atoms with Crippen molar-refractivity contribution in [1.82, 2.24) is 19.9 Å². The van der Waals surface area contributed by atoms with E-state index in [0.29, 0.717) is 11.6 Å². The zero-order valence-electron chi connectivity index (χ0n) is 18.2. The van der Waals surface area contributed by atoms with Crippen LogP contribution >= 0.6 is 0 Å². The first-order valence-corrected chi connectivity index (χ1v) is 10.9. The van der Waals surface area contributed by atoms with Crippen molar-refractivity contribution in [3.63, 3.8) is 0 Å². The van der Waals surface area contributed by atoms with Gasteiger partial charge in [-0.25, -0.2) is 4.98 Å². The van der Waals surface area contributed by atoms with Gasteiger partial charge in [0.25, 0.3) is 0 Å². The molecule has 3 aromatic rings. The maximum absolute atomic E-state index is 8.99. The molecule has 0 aliphatic carbocycles. The molecular formula is C24H26N8. The number of nitrogens with two attached hydrogens (primary N) is 1. The molecule has 0 atom stereocenters. The van der Waals surface area contributed by atoms with Crippen molar-refractivity contribution in [3.8, 4) is 17.2 Å². The summed E-state index contributed by atoms with van der Waals surface area (Å²) in [5.41, 5.74) is 11.3. The number of hydrogen-bond donors (Lipinski definition) is 1. The van der Waals surface area contributed by atoms with Gasteiger partial charge in [-0.05, 0) is 48.4 Å². The molecule has 2 aromatic heterocycles. The molecule has 0 amide bonds. The lowest BCUT2D eigenvalue weighted by Gasteiger charge is -2.34. The Labute approximate surface area is 187 Å². The number of nitrogen functional groups attached to an aromatic ring is 1. The topological polar surface area (TPSA) is 98.2 Å². The molecule has 2 aliphatic rings. The Balaban J connectivity index is 1.39. The summed E-state index contributed by atoms with van der Waals surface area (Å²) in [5.74, 6) is 2.10. The molecule has 162 valence electrons. The number of nitriles is 1. The highest BCUT2D eigenvalue weighted by Gasteiger charge is 2.22. The van der Waals surface area contributed by atoms with Gasteiger partial charge in [0.05, 0.1) is 0 Å². The quantitative estimate of drug-likeness (QED) is 0.681. The maximum atomic E-state index is 8.99. The van der Waals surface area contributed by atoms with E-state index < -0.39 is 0 Å². The number of piperazine rings is 1. The summed E-state index contributed by atoms with van der Waals surface area (Å²) >= 11 is 0. The van der Waals surface area contributed by atoms with E-state index >= 15 is 0 Å². The van der Waals surface area contributed by atoms with Crippen LogP contribution < -0.4 is 15.5 Å². The fourth-order valence-electron chi connectivity index (χ4n) is 4.36. The predicted octanol–water partition coefficient (Wildman–Crippen LogP) is 2.31. The lowest BCUT2D eigenvalue weighted by atomic mass is 9.95. The Kier molecular flexibility index (Phi) is 5.33. The van der Waals surface area contributed by atoms with Crippen LogP contribution in [-0.2, 0) is 13.0 Å². The second-order valence-electron chi connectivity index (χ2n) is 8.43. The van der Waals surface area contributed by atoms with Crippen LogP contribution in [0.15, 0.2) is 42.6 Å². The van der Waals surface area contributed by atoms with Crippen LogP contribution in [-0.4, -0.2) is 59.6 Å². The summed E-state index contributed by atoms with van der Waals surface area (Å²) in [5, 5.41) is 8.99. The fourth-order valence-corrected chi connectivity index (χ4v) is 4.36. The van der Waals surface area contributed by atoms with E-state index in [9.17, 15) is 0 Å². The average Bonchev–Trinajstić information content (AvgIpc) is 2.83. The van der Waals surface area contributed by atoms with Gasteiger partial charge in [-0.15, -0.1) is 0 Å². The number of rotatable bonds is 3. The fraction of sp³-hybridized carbons (Fsp3) is 0.333. The predicted molar refractivity (Wildman–Crippen MR) is 125 cm³/mol. The largest absolute Gasteiger partial charge is 0.368 e. The lowest BCUT2D eigenvalue weighted by Crippen LogP contribution is -2.45. The Morgan fingerprint density at radius 1 is 0.875 bits per heavy atom. The van der Waals surface area contributed by atoms with Crippen LogP contribution in [0.1, 0.15) is 16.8 Å². The average molecular weight is 427 g/mol. The van der Waals surface area contributed by atoms with Gasteiger partial charge in [-0.2, -0.15) is 15.2 Å². The van der Waals surface area contributed by atoms with Crippen molar-refractivity contribution in [3.05, 3.63) is 59.4 Å². The SMILES string of the molecule is CN1CCN(c2cc(N3CCc4ccc(-c5ccc(C#N)nc5)cc4C3)nc(N)n2)CC1. The van der Waals surface area contributed by atoms with E-state index in [1.807, 2.05) is 6.07 Å². The second kappa shape index (κ2) is 8.44. The number of benzene rings is 1. The number of hydrogen-bond acceptors (Lipinski definition) is 8. The Morgan fingerprint density at radius 3 is 2.34 bits per heavy atom. The van der Waals surface area contributed by atoms with E-state index in [-0.39, 0.29) is 0 Å². The number of anilines is 3. The number of aromatic nitrogens is 3. The molecule has 32 heavy (non-hydrogen) atoms. The number of fused-ring (bicyclic) bond motifs is 1. The van der Waals surface area contributed by atoms with Gasteiger partial charge in [-0.3, -0.25) is 0 Å². The number of likely N-dealkylation sites (N-methyl/N-ethyl adjacent to an activating group) is 1.